The molecule has 190 valence electrons. The standard InChI is InChI=1S/C23H25F4N3O5/c1-22(2,3)35-21(33)30-10-13(24)8-14(30)11-34-15-6-4-12(5-7-15)16-9-17(19(28)31)20(32)29-18(16)23(25,26)27/h4-7,9,13-14H,8,10-11H2,1-3H3,(H2,28,31)(H,29,32). The number of aromatic amines is 1. The molecule has 1 fully saturated rings. The molecule has 2 amide bonds. The number of carbonyl (C=O) groups is 2. The van der Waals surface area contributed by atoms with Crippen molar-refractivity contribution in [1.82, 2.24) is 9.88 Å². The molecule has 2 heterocycles. The summed E-state index contributed by atoms with van der Waals surface area (Å²) >= 11 is 0. The van der Waals surface area contributed by atoms with E-state index in [9.17, 15) is 31.9 Å². The number of aromatic nitrogens is 1. The van der Waals surface area contributed by atoms with Gasteiger partial charge < -0.3 is 20.2 Å². The topological polar surface area (TPSA) is 115 Å². The Morgan fingerprint density at radius 2 is 1.80 bits per heavy atom. The molecule has 0 bridgehead atoms. The number of pyridine rings is 1. The van der Waals surface area contributed by atoms with E-state index in [2.05, 4.69) is 0 Å². The maximum atomic E-state index is 14.0. The summed E-state index contributed by atoms with van der Waals surface area (Å²) in [6.45, 7) is 4.90. The van der Waals surface area contributed by atoms with Crippen LogP contribution in [0.15, 0.2) is 35.1 Å². The molecule has 2 atom stereocenters. The van der Waals surface area contributed by atoms with Crippen LogP contribution in [0.4, 0.5) is 22.4 Å². The van der Waals surface area contributed by atoms with Crippen molar-refractivity contribution in [2.45, 2.75) is 51.2 Å². The lowest BCUT2D eigenvalue weighted by Crippen LogP contribution is -2.42. The summed E-state index contributed by atoms with van der Waals surface area (Å²) in [5.41, 5.74) is 0.766. The first-order valence-electron chi connectivity index (χ1n) is 10.7. The Bertz CT molecular complexity index is 1160. The average Bonchev–Trinajstić information content (AvgIpc) is 3.11. The Hall–Kier alpha value is -3.57. The van der Waals surface area contributed by atoms with Gasteiger partial charge in [0.25, 0.3) is 11.5 Å². The molecule has 3 N–H and O–H groups in total. The molecular weight excluding hydrogens is 474 g/mol. The van der Waals surface area contributed by atoms with E-state index >= 15 is 0 Å². The molecule has 1 saturated heterocycles. The van der Waals surface area contributed by atoms with Crippen LogP contribution in [-0.4, -0.2) is 52.9 Å². The molecule has 8 nitrogen and oxygen atoms in total. The van der Waals surface area contributed by atoms with Crippen LogP contribution >= 0.6 is 0 Å². The minimum Gasteiger partial charge on any atom is -0.491 e. The first-order valence-corrected chi connectivity index (χ1v) is 10.7. The maximum Gasteiger partial charge on any atom is 0.431 e. The predicted molar refractivity (Wildman–Crippen MR) is 118 cm³/mol. The summed E-state index contributed by atoms with van der Waals surface area (Å²) in [6, 6.07) is 5.57. The van der Waals surface area contributed by atoms with Crippen molar-refractivity contribution in [1.29, 1.82) is 0 Å². The highest BCUT2D eigenvalue weighted by molar-refractivity contribution is 5.94. The molecule has 2 aromatic rings. The molecule has 1 aromatic heterocycles. The van der Waals surface area contributed by atoms with Gasteiger partial charge in [-0.25, -0.2) is 9.18 Å². The fourth-order valence-electron chi connectivity index (χ4n) is 3.65. The number of benzene rings is 1. The average molecular weight is 499 g/mol. The van der Waals surface area contributed by atoms with Crippen molar-refractivity contribution >= 4 is 12.0 Å². The molecule has 1 aromatic carbocycles. The zero-order valence-corrected chi connectivity index (χ0v) is 19.2. The van der Waals surface area contributed by atoms with Gasteiger partial charge >= 0.3 is 12.3 Å². The number of nitrogens with one attached hydrogen (secondary N) is 1. The van der Waals surface area contributed by atoms with Gasteiger partial charge in [-0.2, -0.15) is 13.2 Å². The number of amides is 2. The number of nitrogens with two attached hydrogens (primary N) is 1. The normalized spacial score (nSPS) is 18.4. The highest BCUT2D eigenvalue weighted by atomic mass is 19.4. The molecule has 0 aliphatic carbocycles. The number of ether oxygens (including phenoxy) is 2. The Morgan fingerprint density at radius 3 is 2.34 bits per heavy atom. The lowest BCUT2D eigenvalue weighted by molar-refractivity contribution is -0.140. The number of likely N-dealkylation sites (tertiary alicyclic amines) is 1. The SMILES string of the molecule is CC(C)(C)OC(=O)N1CC(F)CC1COc1ccc(-c2cc(C(N)=O)c(=O)[nH]c2C(F)(F)F)cc1. The number of alkyl halides is 4. The van der Waals surface area contributed by atoms with Crippen LogP contribution in [0.1, 0.15) is 43.2 Å². The Balaban J connectivity index is 1.79. The highest BCUT2D eigenvalue weighted by Gasteiger charge is 2.38. The van der Waals surface area contributed by atoms with E-state index in [0.29, 0.717) is 0 Å². The van der Waals surface area contributed by atoms with Crippen molar-refractivity contribution in [3.05, 3.63) is 51.9 Å². The molecule has 0 radical (unpaired) electrons. The second-order valence-electron chi connectivity index (χ2n) is 9.12. The minimum absolute atomic E-state index is 0.0449. The molecular formula is C23H25F4N3O5. The zero-order valence-electron chi connectivity index (χ0n) is 19.2. The quantitative estimate of drug-likeness (QED) is 0.606. The smallest absolute Gasteiger partial charge is 0.431 e. The maximum absolute atomic E-state index is 14.0. The van der Waals surface area contributed by atoms with Crippen molar-refractivity contribution in [2.75, 3.05) is 13.2 Å². The Morgan fingerprint density at radius 1 is 1.17 bits per heavy atom. The van der Waals surface area contributed by atoms with E-state index in [-0.39, 0.29) is 30.9 Å². The number of nitrogens with zero attached hydrogens (tertiary/aromatic N) is 1. The molecule has 1 aliphatic rings. The Labute approximate surface area is 198 Å². The van der Waals surface area contributed by atoms with E-state index < -0.39 is 58.4 Å². The molecule has 0 saturated carbocycles. The summed E-state index contributed by atoms with van der Waals surface area (Å²) in [4.78, 5) is 38.6. The lowest BCUT2D eigenvalue weighted by atomic mass is 10.0. The highest BCUT2D eigenvalue weighted by Crippen LogP contribution is 2.36. The number of primary amides is 1. The van der Waals surface area contributed by atoms with Gasteiger partial charge in [0, 0.05) is 12.0 Å². The number of halogens is 4. The second kappa shape index (κ2) is 9.59. The fourth-order valence-corrected chi connectivity index (χ4v) is 3.65. The van der Waals surface area contributed by atoms with Crippen LogP contribution in [-0.2, 0) is 10.9 Å². The van der Waals surface area contributed by atoms with Gasteiger partial charge in [-0.15, -0.1) is 0 Å². The number of carbonyl (C=O) groups excluding carboxylic acids is 2. The van der Waals surface area contributed by atoms with Gasteiger partial charge in [-0.1, -0.05) is 12.1 Å². The summed E-state index contributed by atoms with van der Waals surface area (Å²) in [5.74, 6) is -0.910. The third-order valence-corrected chi connectivity index (χ3v) is 5.19. The Kier molecular flexibility index (Phi) is 7.13. The van der Waals surface area contributed by atoms with Crippen molar-refractivity contribution in [3.8, 4) is 16.9 Å². The molecule has 3 rings (SSSR count). The third-order valence-electron chi connectivity index (χ3n) is 5.19. The van der Waals surface area contributed by atoms with Crippen LogP contribution in [0.2, 0.25) is 0 Å². The summed E-state index contributed by atoms with van der Waals surface area (Å²) < 4.78 is 65.3. The minimum atomic E-state index is -4.89. The lowest BCUT2D eigenvalue weighted by Gasteiger charge is -2.28. The van der Waals surface area contributed by atoms with Gasteiger partial charge in [0.05, 0.1) is 12.6 Å². The van der Waals surface area contributed by atoms with Crippen molar-refractivity contribution in [2.24, 2.45) is 5.73 Å². The van der Waals surface area contributed by atoms with E-state index in [4.69, 9.17) is 15.2 Å². The van der Waals surface area contributed by atoms with Gasteiger partial charge in [0.15, 0.2) is 0 Å². The first-order chi connectivity index (χ1) is 16.2. The van der Waals surface area contributed by atoms with E-state index in [0.717, 1.165) is 6.07 Å². The van der Waals surface area contributed by atoms with Crippen LogP contribution in [0.5, 0.6) is 5.75 Å². The van der Waals surface area contributed by atoms with Gasteiger partial charge in [-0.05, 0) is 44.5 Å². The van der Waals surface area contributed by atoms with Crippen LogP contribution in [0.25, 0.3) is 11.1 Å². The van der Waals surface area contributed by atoms with Gasteiger partial charge in [0.1, 0.15) is 35.4 Å². The zero-order chi connectivity index (χ0) is 26.1. The summed E-state index contributed by atoms with van der Waals surface area (Å²) in [6.07, 6.45) is -6.74. The van der Waals surface area contributed by atoms with E-state index in [1.165, 1.54) is 29.2 Å². The van der Waals surface area contributed by atoms with Crippen LogP contribution < -0.4 is 16.0 Å². The monoisotopic (exact) mass is 499 g/mol. The molecule has 0 spiro atoms. The van der Waals surface area contributed by atoms with Gasteiger partial charge in [0.2, 0.25) is 0 Å². The largest absolute Gasteiger partial charge is 0.491 e. The van der Waals surface area contributed by atoms with Gasteiger partial charge in [-0.3, -0.25) is 14.5 Å². The predicted octanol–water partition coefficient (Wildman–Crippen LogP) is 3.89. The third kappa shape index (κ3) is 6.31. The fraction of sp³-hybridized carbons (Fsp3) is 0.435. The van der Waals surface area contributed by atoms with Crippen molar-refractivity contribution in [3.63, 3.8) is 0 Å². The summed E-state index contributed by atoms with van der Waals surface area (Å²) in [5, 5.41) is 0. The molecule has 12 heteroatoms. The second-order valence-corrected chi connectivity index (χ2v) is 9.12. The first kappa shape index (κ1) is 26.0. The number of hydrogen-bond acceptors (Lipinski definition) is 5. The molecule has 2 unspecified atom stereocenters. The van der Waals surface area contributed by atoms with E-state index in [1.807, 2.05) is 0 Å². The number of hydrogen-bond donors (Lipinski definition) is 2. The number of rotatable bonds is 5. The molecule has 35 heavy (non-hydrogen) atoms. The van der Waals surface area contributed by atoms with Crippen molar-refractivity contribution < 1.29 is 36.6 Å². The molecule has 1 aliphatic heterocycles. The summed E-state index contributed by atoms with van der Waals surface area (Å²) in [7, 11) is 0. The van der Waals surface area contributed by atoms with Crippen LogP contribution in [0, 0.1) is 0 Å². The number of H-pyrrole nitrogens is 1. The van der Waals surface area contributed by atoms with Crippen LogP contribution in [0.3, 0.4) is 0 Å². The van der Waals surface area contributed by atoms with E-state index in [1.54, 1.807) is 25.8 Å².